The minimum absolute atomic E-state index is 0.00700. The second-order valence-corrected chi connectivity index (χ2v) is 10.0. The van der Waals surface area contributed by atoms with Gasteiger partial charge in [0.25, 0.3) is 0 Å². The van der Waals surface area contributed by atoms with Gasteiger partial charge in [0.15, 0.2) is 0 Å². The van der Waals surface area contributed by atoms with E-state index >= 15 is 0 Å². The number of aromatic amines is 1. The Balaban J connectivity index is 1.60. The number of nitrogens with one attached hydrogen (secondary N) is 1. The highest BCUT2D eigenvalue weighted by Gasteiger charge is 2.32. The molecule has 1 aliphatic rings. The van der Waals surface area contributed by atoms with Crippen molar-refractivity contribution in [2.24, 2.45) is 5.92 Å². The van der Waals surface area contributed by atoms with Crippen LogP contribution in [0.1, 0.15) is 39.8 Å². The Bertz CT molecular complexity index is 1170. The number of carbonyl (C=O) groups is 1. The number of rotatable bonds is 3. The molecule has 2 aromatic heterocycles. The summed E-state index contributed by atoms with van der Waals surface area (Å²) in [5, 5.41) is 8.41. The number of amides is 1. The maximum absolute atomic E-state index is 12.6. The first-order chi connectivity index (χ1) is 15.5. The predicted molar refractivity (Wildman–Crippen MR) is 130 cm³/mol. The lowest BCUT2D eigenvalue weighted by atomic mass is 9.95. The summed E-state index contributed by atoms with van der Waals surface area (Å²) in [7, 11) is 1.80. The van der Waals surface area contributed by atoms with E-state index in [-0.39, 0.29) is 18.1 Å². The molecule has 0 saturated carbocycles. The Hall–Kier alpha value is -3.36. The zero-order chi connectivity index (χ0) is 23.9. The van der Waals surface area contributed by atoms with Crippen molar-refractivity contribution in [2.45, 2.75) is 52.7 Å². The summed E-state index contributed by atoms with van der Waals surface area (Å²) in [4.78, 5) is 25.5. The van der Waals surface area contributed by atoms with Gasteiger partial charge in [-0.2, -0.15) is 10.1 Å². The van der Waals surface area contributed by atoms with Crippen LogP contribution in [0.2, 0.25) is 0 Å². The van der Waals surface area contributed by atoms with Crippen molar-refractivity contribution >= 4 is 28.8 Å². The number of nitrogens with zero attached hydrogens (tertiary/aromatic N) is 5. The van der Waals surface area contributed by atoms with E-state index in [0.29, 0.717) is 12.5 Å². The number of benzene rings is 1. The van der Waals surface area contributed by atoms with Crippen LogP contribution in [0.15, 0.2) is 24.3 Å². The van der Waals surface area contributed by atoms with Gasteiger partial charge in [-0.3, -0.25) is 5.10 Å². The van der Waals surface area contributed by atoms with Crippen molar-refractivity contribution in [1.29, 1.82) is 0 Å². The summed E-state index contributed by atoms with van der Waals surface area (Å²) in [6.45, 7) is 11.3. The monoisotopic (exact) mass is 451 g/mol. The van der Waals surface area contributed by atoms with Crippen LogP contribution in [0.3, 0.4) is 0 Å². The minimum atomic E-state index is -0.532. The number of ether oxygens (including phenoxy) is 1. The lowest BCUT2D eigenvalue weighted by molar-refractivity contribution is 0.0195. The molecule has 0 unspecified atom stereocenters. The summed E-state index contributed by atoms with van der Waals surface area (Å²) in [5.74, 6) is 1.35. The minimum Gasteiger partial charge on any atom is -0.444 e. The normalized spacial score (nSPS) is 19.0. The van der Waals surface area contributed by atoms with E-state index in [1.54, 1.807) is 11.9 Å². The van der Waals surface area contributed by atoms with E-state index in [2.05, 4.69) is 32.0 Å². The van der Waals surface area contributed by atoms with Crippen LogP contribution in [0, 0.1) is 12.8 Å². The van der Waals surface area contributed by atoms with Crippen LogP contribution in [-0.2, 0) is 4.74 Å². The van der Waals surface area contributed by atoms with Crippen LogP contribution in [-0.4, -0.2) is 62.9 Å². The molecule has 0 radical (unpaired) electrons. The number of H-pyrrole nitrogens is 1. The highest BCUT2D eigenvalue weighted by Crippen LogP contribution is 2.30. The second kappa shape index (κ2) is 8.53. The number of piperidine rings is 1. The molecule has 4 rings (SSSR count). The van der Waals surface area contributed by atoms with E-state index in [1.165, 1.54) is 0 Å². The molecule has 3 heterocycles. The highest BCUT2D eigenvalue weighted by molar-refractivity contribution is 5.85. The third-order valence-electron chi connectivity index (χ3n) is 5.97. The molecule has 3 N–H and O–H groups in total. The van der Waals surface area contributed by atoms with Crippen molar-refractivity contribution in [2.75, 3.05) is 30.8 Å². The summed E-state index contributed by atoms with van der Waals surface area (Å²) < 4.78 is 5.58. The van der Waals surface area contributed by atoms with Gasteiger partial charge in [0.1, 0.15) is 11.4 Å². The van der Waals surface area contributed by atoms with Gasteiger partial charge < -0.3 is 20.3 Å². The molecule has 33 heavy (non-hydrogen) atoms. The molecule has 0 aliphatic carbocycles. The van der Waals surface area contributed by atoms with Gasteiger partial charge in [0.2, 0.25) is 5.95 Å². The molecule has 2 atom stereocenters. The maximum Gasteiger partial charge on any atom is 0.410 e. The highest BCUT2D eigenvalue weighted by atomic mass is 16.6. The molecule has 9 heteroatoms. The van der Waals surface area contributed by atoms with Crippen molar-refractivity contribution in [1.82, 2.24) is 25.1 Å². The molecule has 0 spiro atoms. The van der Waals surface area contributed by atoms with Crippen molar-refractivity contribution in [3.8, 4) is 11.3 Å². The summed E-state index contributed by atoms with van der Waals surface area (Å²) in [5.41, 5.74) is 9.19. The predicted octanol–water partition coefficient (Wildman–Crippen LogP) is 3.99. The van der Waals surface area contributed by atoms with Crippen molar-refractivity contribution in [3.05, 3.63) is 30.0 Å². The molecule has 1 amide bonds. The number of aromatic nitrogens is 4. The SMILES string of the molecule is Cc1n[nH]c2cc(-c3cc(N4C[C@H](C)C[C@@H](N(C)C(=O)OC(C)(C)C)C4)nc(N)n3)ccc12. The van der Waals surface area contributed by atoms with Gasteiger partial charge in [-0.05, 0) is 46.1 Å². The van der Waals surface area contributed by atoms with Gasteiger partial charge in [0.05, 0.1) is 22.9 Å². The van der Waals surface area contributed by atoms with E-state index in [0.717, 1.165) is 46.6 Å². The van der Waals surface area contributed by atoms with Crippen LogP contribution in [0.25, 0.3) is 22.2 Å². The Morgan fingerprint density at radius 2 is 2.00 bits per heavy atom. The Labute approximate surface area is 194 Å². The number of hydrogen-bond donors (Lipinski definition) is 2. The summed E-state index contributed by atoms with van der Waals surface area (Å²) in [6.07, 6.45) is 0.586. The first-order valence-corrected chi connectivity index (χ1v) is 11.3. The molecule has 1 aromatic carbocycles. The fraction of sp³-hybridized carbons (Fsp3) is 0.500. The zero-order valence-electron chi connectivity index (χ0n) is 20.2. The average molecular weight is 452 g/mol. The topological polar surface area (TPSA) is 113 Å². The Morgan fingerprint density at radius 1 is 1.24 bits per heavy atom. The van der Waals surface area contributed by atoms with Gasteiger partial charge in [-0.1, -0.05) is 19.1 Å². The van der Waals surface area contributed by atoms with Crippen molar-refractivity contribution in [3.63, 3.8) is 0 Å². The quantitative estimate of drug-likeness (QED) is 0.619. The molecule has 1 saturated heterocycles. The number of likely N-dealkylation sites (N-methyl/N-ethyl adjacent to an activating group) is 1. The third-order valence-corrected chi connectivity index (χ3v) is 5.97. The first-order valence-electron chi connectivity index (χ1n) is 11.3. The number of hydrogen-bond acceptors (Lipinski definition) is 7. The van der Waals surface area contributed by atoms with Gasteiger partial charge in [-0.25, -0.2) is 9.78 Å². The molecule has 176 valence electrons. The number of fused-ring (bicyclic) bond motifs is 1. The molecule has 3 aromatic rings. The summed E-state index contributed by atoms with van der Waals surface area (Å²) in [6, 6.07) is 8.06. The first kappa shape index (κ1) is 22.8. The molecular formula is C24H33N7O2. The van der Waals surface area contributed by atoms with Gasteiger partial charge >= 0.3 is 6.09 Å². The van der Waals surface area contributed by atoms with Gasteiger partial charge in [0, 0.05) is 37.2 Å². The smallest absolute Gasteiger partial charge is 0.410 e. The largest absolute Gasteiger partial charge is 0.444 e. The molecule has 9 nitrogen and oxygen atoms in total. The number of anilines is 2. The number of nitrogen functional groups attached to an aromatic ring is 1. The molecular weight excluding hydrogens is 418 g/mol. The van der Waals surface area contributed by atoms with Crippen molar-refractivity contribution < 1.29 is 9.53 Å². The van der Waals surface area contributed by atoms with Crippen LogP contribution < -0.4 is 10.6 Å². The fourth-order valence-corrected chi connectivity index (χ4v) is 4.35. The standard InChI is InChI=1S/C24H33N7O2/c1-14-9-17(30(6)23(32)33-24(3,4)5)13-31(12-14)21-11-19(26-22(25)27-21)16-7-8-18-15(2)28-29-20(18)10-16/h7-8,10-11,14,17H,9,12-13H2,1-6H3,(H,28,29)(H2,25,26,27)/t14-,17-/m1/s1. The fourth-order valence-electron chi connectivity index (χ4n) is 4.35. The maximum atomic E-state index is 12.6. The van der Waals surface area contributed by atoms with Crippen LogP contribution >= 0.6 is 0 Å². The number of nitrogens with two attached hydrogens (primary N) is 1. The lowest BCUT2D eigenvalue weighted by Crippen LogP contribution is -2.52. The molecule has 0 bridgehead atoms. The van der Waals surface area contributed by atoms with Gasteiger partial charge in [-0.15, -0.1) is 0 Å². The average Bonchev–Trinajstić information content (AvgIpc) is 3.11. The number of aryl methyl sites for hydroxylation is 1. The zero-order valence-corrected chi connectivity index (χ0v) is 20.2. The summed E-state index contributed by atoms with van der Waals surface area (Å²) >= 11 is 0. The van der Waals surface area contributed by atoms with E-state index in [1.807, 2.05) is 52.0 Å². The number of carbonyl (C=O) groups excluding carboxylic acids is 1. The second-order valence-electron chi connectivity index (χ2n) is 10.0. The molecule has 1 fully saturated rings. The third kappa shape index (κ3) is 5.02. The Kier molecular flexibility index (Phi) is 5.90. The van der Waals surface area contributed by atoms with Crippen LogP contribution in [0.4, 0.5) is 16.6 Å². The van der Waals surface area contributed by atoms with Crippen LogP contribution in [0.5, 0.6) is 0 Å². The molecule has 1 aliphatic heterocycles. The lowest BCUT2D eigenvalue weighted by Gasteiger charge is -2.41. The Morgan fingerprint density at radius 3 is 2.73 bits per heavy atom. The van der Waals surface area contributed by atoms with E-state index in [9.17, 15) is 4.79 Å². The van der Waals surface area contributed by atoms with E-state index in [4.69, 9.17) is 10.5 Å². The van der Waals surface area contributed by atoms with E-state index < -0.39 is 5.60 Å².